The number of ether oxygens (including phenoxy) is 1. The minimum Gasteiger partial charge on any atom is -0.381 e. The second kappa shape index (κ2) is 32.2. The van der Waals surface area contributed by atoms with E-state index in [1.165, 1.54) is 89.2 Å². The average molecular weight is 639 g/mol. The molecule has 1 aromatic carbocycles. The number of halogens is 2. The van der Waals surface area contributed by atoms with Crippen LogP contribution in [-0.4, -0.2) is 23.0 Å². The highest BCUT2D eigenvalue weighted by Crippen LogP contribution is 2.28. The smallest absolute Gasteiger partial charge is 0.270 e. The van der Waals surface area contributed by atoms with E-state index >= 15 is 0 Å². The summed E-state index contributed by atoms with van der Waals surface area (Å²) in [5.41, 5.74) is 2.83. The molecule has 0 fully saturated rings. The highest BCUT2D eigenvalue weighted by Gasteiger charge is 2.24. The van der Waals surface area contributed by atoms with E-state index in [4.69, 9.17) is 4.74 Å². The summed E-state index contributed by atoms with van der Waals surface area (Å²) in [7, 11) is 0. The molecular formula is C40H76F2N2O. The molecule has 0 saturated carbocycles. The first-order valence-electron chi connectivity index (χ1n) is 18.5. The van der Waals surface area contributed by atoms with E-state index in [0.29, 0.717) is 5.92 Å². The van der Waals surface area contributed by atoms with Crippen molar-refractivity contribution in [2.45, 2.75) is 185 Å². The van der Waals surface area contributed by atoms with Gasteiger partial charge in [0.25, 0.3) is 5.92 Å². The molecule has 1 unspecified atom stereocenters. The van der Waals surface area contributed by atoms with Gasteiger partial charge in [0.15, 0.2) is 0 Å². The Hall–Kier alpha value is -1.75. The van der Waals surface area contributed by atoms with Crippen molar-refractivity contribution >= 4 is 0 Å². The first-order valence-corrected chi connectivity index (χ1v) is 18.5. The van der Waals surface area contributed by atoms with E-state index in [0.717, 1.165) is 49.6 Å². The highest BCUT2D eigenvalue weighted by molar-refractivity contribution is 5.37. The van der Waals surface area contributed by atoms with Gasteiger partial charge in [0.2, 0.25) is 0 Å². The fourth-order valence-electron chi connectivity index (χ4n) is 3.68. The molecule has 0 saturated heterocycles. The molecule has 45 heavy (non-hydrogen) atoms. The maximum absolute atomic E-state index is 13.2. The molecule has 2 aromatic rings. The van der Waals surface area contributed by atoms with Crippen LogP contribution in [0.25, 0.3) is 5.69 Å². The molecule has 2 rings (SSSR count). The number of benzene rings is 1. The van der Waals surface area contributed by atoms with E-state index in [-0.39, 0.29) is 5.56 Å². The van der Waals surface area contributed by atoms with Crippen LogP contribution in [0.2, 0.25) is 0 Å². The molecule has 1 heterocycles. The second-order valence-corrected chi connectivity index (χ2v) is 12.5. The fraction of sp³-hybridized carbons (Fsp3) is 0.775. The minimum absolute atomic E-state index is 0.0197. The van der Waals surface area contributed by atoms with Crippen LogP contribution in [-0.2, 0) is 10.7 Å². The quantitative estimate of drug-likeness (QED) is 0.171. The van der Waals surface area contributed by atoms with Gasteiger partial charge in [0, 0.05) is 31.4 Å². The average Bonchev–Trinajstić information content (AvgIpc) is 3.43. The molecule has 0 spiro atoms. The summed E-state index contributed by atoms with van der Waals surface area (Å²) in [6.07, 6.45) is 17.3. The number of rotatable bonds is 16. The number of aryl methyl sites for hydroxylation is 1. The van der Waals surface area contributed by atoms with Crippen LogP contribution in [0.1, 0.15) is 189 Å². The number of hydrogen-bond donors (Lipinski definition) is 0. The zero-order valence-corrected chi connectivity index (χ0v) is 32.2. The van der Waals surface area contributed by atoms with Crippen molar-refractivity contribution in [1.82, 2.24) is 9.78 Å². The Balaban J connectivity index is -0.000000571. The Bertz CT molecular complexity index is 842. The summed E-state index contributed by atoms with van der Waals surface area (Å²) in [5, 5.41) is 4.42. The third-order valence-electron chi connectivity index (χ3n) is 7.31. The van der Waals surface area contributed by atoms with Gasteiger partial charge in [-0.3, -0.25) is 0 Å². The van der Waals surface area contributed by atoms with Gasteiger partial charge in [-0.05, 0) is 49.8 Å². The van der Waals surface area contributed by atoms with Crippen LogP contribution < -0.4 is 0 Å². The minimum atomic E-state index is -2.81. The van der Waals surface area contributed by atoms with Crippen molar-refractivity contribution in [2.75, 3.05) is 13.2 Å². The molecule has 0 aliphatic carbocycles. The zero-order chi connectivity index (χ0) is 35.1. The highest BCUT2D eigenvalue weighted by atomic mass is 19.3. The Morgan fingerprint density at radius 2 is 1.22 bits per heavy atom. The van der Waals surface area contributed by atoms with E-state index in [1.54, 1.807) is 12.1 Å². The monoisotopic (exact) mass is 639 g/mol. The Morgan fingerprint density at radius 3 is 1.62 bits per heavy atom. The van der Waals surface area contributed by atoms with Crippen molar-refractivity contribution in [3.8, 4) is 5.69 Å². The van der Waals surface area contributed by atoms with Gasteiger partial charge in [-0.1, -0.05) is 159 Å². The molecule has 0 aliphatic heterocycles. The summed E-state index contributed by atoms with van der Waals surface area (Å²) in [6, 6.07) is 8.30. The van der Waals surface area contributed by atoms with Crippen molar-refractivity contribution < 1.29 is 13.5 Å². The lowest BCUT2D eigenvalue weighted by molar-refractivity contribution is 0.0175. The van der Waals surface area contributed by atoms with Crippen LogP contribution in [0, 0.1) is 12.8 Å². The van der Waals surface area contributed by atoms with Gasteiger partial charge in [-0.2, -0.15) is 5.10 Å². The third kappa shape index (κ3) is 28.2. The van der Waals surface area contributed by atoms with Crippen LogP contribution in [0.15, 0.2) is 30.3 Å². The van der Waals surface area contributed by atoms with Gasteiger partial charge in [0.1, 0.15) is 0 Å². The molecule has 3 nitrogen and oxygen atoms in total. The maximum atomic E-state index is 13.2. The van der Waals surface area contributed by atoms with Crippen LogP contribution in [0.4, 0.5) is 8.78 Å². The van der Waals surface area contributed by atoms with Crippen molar-refractivity contribution in [3.63, 3.8) is 0 Å². The third-order valence-corrected chi connectivity index (χ3v) is 7.31. The number of nitrogens with zero attached hydrogens (tertiary/aromatic N) is 2. The summed E-state index contributed by atoms with van der Waals surface area (Å²) in [6.45, 7) is 28.8. The summed E-state index contributed by atoms with van der Waals surface area (Å²) in [4.78, 5) is 0. The predicted octanol–water partition coefficient (Wildman–Crippen LogP) is 14.2. The van der Waals surface area contributed by atoms with Crippen molar-refractivity contribution in [3.05, 3.63) is 47.3 Å². The lowest BCUT2D eigenvalue weighted by atomic mass is 10.0. The first-order chi connectivity index (χ1) is 21.3. The molecule has 0 bridgehead atoms. The van der Waals surface area contributed by atoms with Gasteiger partial charge in [0.05, 0.1) is 11.4 Å². The molecule has 0 radical (unpaired) electrons. The largest absolute Gasteiger partial charge is 0.381 e. The van der Waals surface area contributed by atoms with Gasteiger partial charge < -0.3 is 4.74 Å². The molecule has 0 aliphatic rings. The Kier molecular flexibility index (Phi) is 34.1. The fourth-order valence-corrected chi connectivity index (χ4v) is 3.68. The SMILES string of the molecule is CCCC.CCCC.CCCCCC(C)CC.CCCCCOCCC.Cc1cc(C(C)C)n(-c2ccc(C(C)(F)F)cc2)n1. The van der Waals surface area contributed by atoms with Gasteiger partial charge >= 0.3 is 0 Å². The molecule has 0 N–H and O–H groups in total. The molecule has 1 atom stereocenters. The topological polar surface area (TPSA) is 27.1 Å². The Morgan fingerprint density at radius 1 is 0.711 bits per heavy atom. The summed E-state index contributed by atoms with van der Waals surface area (Å²) >= 11 is 0. The standard InChI is InChI=1S/C15H18F2N2.C9H20.C8H18O.2C4H10/c1-10(2)14-9-11(3)18-19(14)13-7-5-12(6-8-13)15(4,16)17;1-4-6-7-8-9(3)5-2;1-3-5-6-8-9-7-4-2;2*1-3-4-2/h5-10H,1-4H3;9H,4-8H2,1-3H3;3-8H2,1-2H3;2*3-4H2,1-2H3. The van der Waals surface area contributed by atoms with Crippen molar-refractivity contribution in [2.24, 2.45) is 5.92 Å². The number of hydrogen-bond acceptors (Lipinski definition) is 2. The van der Waals surface area contributed by atoms with E-state index in [1.807, 2.05) is 17.7 Å². The normalized spacial score (nSPS) is 11.2. The number of alkyl halides is 2. The first kappa shape index (κ1) is 47.7. The molecule has 1 aromatic heterocycles. The Labute approximate surface area is 280 Å². The molecule has 0 amide bonds. The molecule has 266 valence electrons. The van der Waals surface area contributed by atoms with E-state index in [9.17, 15) is 8.78 Å². The number of unbranched alkanes of at least 4 members (excludes halogenated alkanes) is 6. The van der Waals surface area contributed by atoms with E-state index in [2.05, 4.69) is 81.3 Å². The van der Waals surface area contributed by atoms with Crippen molar-refractivity contribution in [1.29, 1.82) is 0 Å². The van der Waals surface area contributed by atoms with Gasteiger partial charge in [-0.25, -0.2) is 13.5 Å². The lowest BCUT2D eigenvalue weighted by Gasteiger charge is -2.13. The number of aromatic nitrogens is 2. The summed E-state index contributed by atoms with van der Waals surface area (Å²) in [5.74, 6) is -1.52. The zero-order valence-electron chi connectivity index (χ0n) is 32.2. The molecular weight excluding hydrogens is 562 g/mol. The van der Waals surface area contributed by atoms with Crippen LogP contribution in [0.5, 0.6) is 0 Å². The maximum Gasteiger partial charge on any atom is 0.270 e. The van der Waals surface area contributed by atoms with Crippen LogP contribution >= 0.6 is 0 Å². The van der Waals surface area contributed by atoms with Crippen LogP contribution in [0.3, 0.4) is 0 Å². The molecule has 5 heteroatoms. The van der Waals surface area contributed by atoms with Gasteiger partial charge in [-0.15, -0.1) is 0 Å². The lowest BCUT2D eigenvalue weighted by Crippen LogP contribution is -2.08. The van der Waals surface area contributed by atoms with E-state index < -0.39 is 5.92 Å². The second-order valence-electron chi connectivity index (χ2n) is 12.5. The summed E-state index contributed by atoms with van der Waals surface area (Å²) < 4.78 is 33.5. The predicted molar refractivity (Wildman–Crippen MR) is 197 cm³/mol.